The summed E-state index contributed by atoms with van der Waals surface area (Å²) in [6, 6.07) is 5.21. The molecule has 0 N–H and O–H groups in total. The number of likely N-dealkylation sites (tertiary alicyclic amines) is 1. The highest BCUT2D eigenvalue weighted by Gasteiger charge is 2.25. The first-order valence-electron chi connectivity index (χ1n) is 5.52. The molecule has 17 heavy (non-hydrogen) atoms. The molecule has 0 atom stereocenters. The van der Waals surface area contributed by atoms with Crippen molar-refractivity contribution < 1.29 is 4.79 Å². The molecule has 1 aliphatic heterocycles. The highest BCUT2D eigenvalue weighted by molar-refractivity contribution is 6.29. The van der Waals surface area contributed by atoms with Crippen LogP contribution in [0, 0.1) is 5.92 Å². The molecular formula is C12H16Cl2N2O. The number of carbonyl (C=O) groups excluding carboxylic acids is 1. The molecule has 0 aromatic carbocycles. The molecule has 0 unspecified atom stereocenters. The molecule has 0 amide bonds. The number of piperidine rings is 1. The molecule has 2 heterocycles. The fourth-order valence-corrected chi connectivity index (χ4v) is 2.19. The van der Waals surface area contributed by atoms with Gasteiger partial charge in [0.05, 0.1) is 0 Å². The Morgan fingerprint density at radius 2 is 2.06 bits per heavy atom. The lowest BCUT2D eigenvalue weighted by Crippen LogP contribution is -2.33. The lowest BCUT2D eigenvalue weighted by atomic mass is 9.91. The summed E-state index contributed by atoms with van der Waals surface area (Å²) in [6.07, 6.45) is 1.84. The van der Waals surface area contributed by atoms with Gasteiger partial charge in [-0.1, -0.05) is 17.7 Å². The van der Waals surface area contributed by atoms with Gasteiger partial charge in [-0.3, -0.25) is 4.79 Å². The summed E-state index contributed by atoms with van der Waals surface area (Å²) < 4.78 is 0. The maximum Gasteiger partial charge on any atom is 0.184 e. The Balaban J connectivity index is 0.00000144. The van der Waals surface area contributed by atoms with Gasteiger partial charge >= 0.3 is 0 Å². The van der Waals surface area contributed by atoms with Crippen LogP contribution in [0.15, 0.2) is 18.2 Å². The summed E-state index contributed by atoms with van der Waals surface area (Å²) in [4.78, 5) is 18.4. The second-order valence-electron chi connectivity index (χ2n) is 4.29. The number of carbonyl (C=O) groups is 1. The summed E-state index contributed by atoms with van der Waals surface area (Å²) in [5, 5.41) is 0.388. The van der Waals surface area contributed by atoms with E-state index in [1.54, 1.807) is 18.2 Å². The van der Waals surface area contributed by atoms with Crippen LogP contribution in [0.25, 0.3) is 0 Å². The molecule has 1 aromatic heterocycles. The summed E-state index contributed by atoms with van der Waals surface area (Å²) in [5.41, 5.74) is 0.502. The van der Waals surface area contributed by atoms with Crippen molar-refractivity contribution in [3.05, 3.63) is 29.0 Å². The number of hydrogen-bond acceptors (Lipinski definition) is 3. The van der Waals surface area contributed by atoms with E-state index in [-0.39, 0.29) is 24.1 Å². The van der Waals surface area contributed by atoms with E-state index in [2.05, 4.69) is 16.9 Å². The minimum absolute atomic E-state index is 0. The standard InChI is InChI=1S/C12H15ClN2O.ClH/c1-15-7-5-9(6-8-15)12(16)10-3-2-4-11(13)14-10;/h2-4,9H,5-8H2,1H3;1H. The number of pyridine rings is 1. The number of aromatic nitrogens is 1. The van der Waals surface area contributed by atoms with Crippen LogP contribution >= 0.6 is 24.0 Å². The van der Waals surface area contributed by atoms with Crippen molar-refractivity contribution >= 4 is 29.8 Å². The molecule has 1 fully saturated rings. The second-order valence-corrected chi connectivity index (χ2v) is 4.67. The van der Waals surface area contributed by atoms with E-state index in [1.807, 2.05) is 0 Å². The maximum atomic E-state index is 12.1. The van der Waals surface area contributed by atoms with Gasteiger partial charge in [0.1, 0.15) is 10.8 Å². The summed E-state index contributed by atoms with van der Waals surface area (Å²) in [5.74, 6) is 0.248. The molecule has 1 aliphatic rings. The SMILES string of the molecule is CN1CCC(C(=O)c2cccc(Cl)n2)CC1.Cl. The first-order chi connectivity index (χ1) is 7.66. The highest BCUT2D eigenvalue weighted by Crippen LogP contribution is 2.20. The van der Waals surface area contributed by atoms with E-state index >= 15 is 0 Å². The number of ketones is 1. The van der Waals surface area contributed by atoms with Crippen LogP contribution in [0.4, 0.5) is 0 Å². The first-order valence-corrected chi connectivity index (χ1v) is 5.90. The summed E-state index contributed by atoms with van der Waals surface area (Å²) in [6.45, 7) is 1.97. The quantitative estimate of drug-likeness (QED) is 0.614. The lowest BCUT2D eigenvalue weighted by molar-refractivity contribution is 0.0851. The van der Waals surface area contributed by atoms with E-state index in [9.17, 15) is 4.79 Å². The van der Waals surface area contributed by atoms with Gasteiger partial charge in [0.25, 0.3) is 0 Å². The Hall–Kier alpha value is -0.640. The minimum atomic E-state index is 0. The zero-order valence-corrected chi connectivity index (χ0v) is 11.3. The molecule has 0 aliphatic carbocycles. The van der Waals surface area contributed by atoms with Crippen molar-refractivity contribution in [1.29, 1.82) is 0 Å². The molecular weight excluding hydrogens is 259 g/mol. The van der Waals surface area contributed by atoms with Crippen molar-refractivity contribution in [3.63, 3.8) is 0 Å². The summed E-state index contributed by atoms with van der Waals surface area (Å²) >= 11 is 5.78. The Morgan fingerprint density at radius 1 is 1.41 bits per heavy atom. The molecule has 0 spiro atoms. The van der Waals surface area contributed by atoms with Crippen LogP contribution in [0.5, 0.6) is 0 Å². The van der Waals surface area contributed by atoms with Gasteiger partial charge in [-0.15, -0.1) is 12.4 Å². The number of hydrogen-bond donors (Lipinski definition) is 0. The van der Waals surface area contributed by atoms with Gasteiger partial charge in [-0.2, -0.15) is 0 Å². The van der Waals surface area contributed by atoms with Crippen molar-refractivity contribution in [3.8, 4) is 0 Å². The highest BCUT2D eigenvalue weighted by atomic mass is 35.5. The van der Waals surface area contributed by atoms with Gasteiger partial charge in [-0.25, -0.2) is 4.98 Å². The molecule has 0 bridgehead atoms. The fourth-order valence-electron chi connectivity index (χ4n) is 2.03. The predicted octanol–water partition coefficient (Wildman–Crippen LogP) is 2.68. The van der Waals surface area contributed by atoms with Crippen LogP contribution in [0.3, 0.4) is 0 Å². The largest absolute Gasteiger partial charge is 0.306 e. The van der Waals surface area contributed by atoms with Crippen LogP contribution in [-0.2, 0) is 0 Å². The Morgan fingerprint density at radius 3 is 2.65 bits per heavy atom. The van der Waals surface area contributed by atoms with Crippen LogP contribution in [0.2, 0.25) is 5.15 Å². The number of halogens is 2. The molecule has 0 radical (unpaired) electrons. The van der Waals surface area contributed by atoms with Crippen LogP contribution in [0.1, 0.15) is 23.3 Å². The molecule has 1 saturated heterocycles. The van der Waals surface area contributed by atoms with Gasteiger partial charge in [-0.05, 0) is 45.1 Å². The van der Waals surface area contributed by atoms with Gasteiger partial charge in [0.15, 0.2) is 5.78 Å². The van der Waals surface area contributed by atoms with E-state index in [4.69, 9.17) is 11.6 Å². The number of Topliss-reactive ketones (excluding diaryl/α,β-unsaturated/α-hetero) is 1. The van der Waals surface area contributed by atoms with Crippen molar-refractivity contribution in [2.45, 2.75) is 12.8 Å². The van der Waals surface area contributed by atoms with E-state index in [0.717, 1.165) is 25.9 Å². The Kier molecular flexibility index (Phi) is 5.37. The lowest BCUT2D eigenvalue weighted by Gasteiger charge is -2.27. The van der Waals surface area contributed by atoms with Crippen molar-refractivity contribution in [2.75, 3.05) is 20.1 Å². The Bertz CT molecular complexity index is 390. The molecule has 1 aromatic rings. The Labute approximate surface area is 113 Å². The van der Waals surface area contributed by atoms with Gasteiger partial charge in [0.2, 0.25) is 0 Å². The van der Waals surface area contributed by atoms with E-state index in [0.29, 0.717) is 10.8 Å². The fraction of sp³-hybridized carbons (Fsp3) is 0.500. The monoisotopic (exact) mass is 274 g/mol. The molecule has 3 nitrogen and oxygen atoms in total. The zero-order chi connectivity index (χ0) is 11.5. The predicted molar refractivity (Wildman–Crippen MR) is 71.0 cm³/mol. The molecule has 0 saturated carbocycles. The minimum Gasteiger partial charge on any atom is -0.306 e. The zero-order valence-electron chi connectivity index (χ0n) is 9.73. The second kappa shape index (κ2) is 6.34. The third-order valence-corrected chi connectivity index (χ3v) is 3.27. The van der Waals surface area contributed by atoms with E-state index in [1.165, 1.54) is 0 Å². The van der Waals surface area contributed by atoms with Crippen molar-refractivity contribution in [2.24, 2.45) is 5.92 Å². The summed E-state index contributed by atoms with van der Waals surface area (Å²) in [7, 11) is 2.08. The topological polar surface area (TPSA) is 33.2 Å². The van der Waals surface area contributed by atoms with Crippen molar-refractivity contribution in [1.82, 2.24) is 9.88 Å². The number of nitrogens with zero attached hydrogens (tertiary/aromatic N) is 2. The van der Waals surface area contributed by atoms with Gasteiger partial charge < -0.3 is 4.90 Å². The van der Waals surface area contributed by atoms with Crippen LogP contribution < -0.4 is 0 Å². The normalized spacial score (nSPS) is 17.5. The smallest absolute Gasteiger partial charge is 0.184 e. The van der Waals surface area contributed by atoms with Crippen LogP contribution in [-0.4, -0.2) is 35.8 Å². The number of rotatable bonds is 2. The third-order valence-electron chi connectivity index (χ3n) is 3.06. The first kappa shape index (κ1) is 14.4. The van der Waals surface area contributed by atoms with E-state index < -0.39 is 0 Å². The third kappa shape index (κ3) is 3.66. The maximum absolute atomic E-state index is 12.1. The molecule has 5 heteroatoms. The van der Waals surface area contributed by atoms with Gasteiger partial charge in [0, 0.05) is 5.92 Å². The average Bonchev–Trinajstić information content (AvgIpc) is 2.29. The molecule has 2 rings (SSSR count). The molecule has 94 valence electrons. The average molecular weight is 275 g/mol.